The van der Waals surface area contributed by atoms with Gasteiger partial charge in [-0.25, -0.2) is 4.79 Å². The van der Waals surface area contributed by atoms with Crippen molar-refractivity contribution in [2.75, 3.05) is 25.6 Å². The van der Waals surface area contributed by atoms with Crippen molar-refractivity contribution in [3.63, 3.8) is 0 Å². The first-order valence-corrected chi connectivity index (χ1v) is 8.39. The number of amides is 2. The quantitative estimate of drug-likeness (QED) is 0.898. The number of anilines is 1. The molecule has 1 fully saturated rings. The van der Waals surface area contributed by atoms with E-state index in [9.17, 15) is 4.79 Å². The van der Waals surface area contributed by atoms with Crippen molar-refractivity contribution >= 4 is 23.3 Å². The minimum Gasteiger partial charge on any atom is -0.383 e. The molecule has 2 amide bonds. The van der Waals surface area contributed by atoms with Crippen LogP contribution in [-0.4, -0.2) is 41.0 Å². The topological polar surface area (TPSA) is 59.4 Å². The van der Waals surface area contributed by atoms with Crippen molar-refractivity contribution in [3.8, 4) is 0 Å². The predicted molar refractivity (Wildman–Crippen MR) is 93.3 cm³/mol. The van der Waals surface area contributed by atoms with E-state index in [-0.39, 0.29) is 12.1 Å². The number of ether oxygens (including phenoxy) is 1. The second-order valence-corrected chi connectivity index (χ2v) is 6.26. The molecule has 24 heavy (non-hydrogen) atoms. The van der Waals surface area contributed by atoms with E-state index in [1.807, 2.05) is 29.2 Å². The molecule has 128 valence electrons. The van der Waals surface area contributed by atoms with Gasteiger partial charge in [0.15, 0.2) is 0 Å². The van der Waals surface area contributed by atoms with Gasteiger partial charge in [-0.1, -0.05) is 23.7 Å². The Morgan fingerprint density at radius 1 is 1.50 bits per heavy atom. The lowest BCUT2D eigenvalue weighted by molar-refractivity contribution is 0.183. The zero-order valence-electron chi connectivity index (χ0n) is 13.6. The minimum atomic E-state index is -0.108. The maximum Gasteiger partial charge on any atom is 0.322 e. The molecule has 2 heterocycles. The average Bonchev–Trinajstić information content (AvgIpc) is 3.22. The molecule has 0 spiro atoms. The third-order valence-electron chi connectivity index (χ3n) is 4.16. The smallest absolute Gasteiger partial charge is 0.322 e. The van der Waals surface area contributed by atoms with Gasteiger partial charge in [0.05, 0.1) is 31.1 Å². The Labute approximate surface area is 146 Å². The molecule has 3 rings (SSSR count). The summed E-state index contributed by atoms with van der Waals surface area (Å²) in [5, 5.41) is 7.83. The molecule has 1 atom stereocenters. The number of halogens is 1. The van der Waals surface area contributed by atoms with Gasteiger partial charge < -0.3 is 15.0 Å². The number of nitrogens with zero attached hydrogens (tertiary/aromatic N) is 3. The summed E-state index contributed by atoms with van der Waals surface area (Å²) in [5.74, 6) is 0. The van der Waals surface area contributed by atoms with Crippen molar-refractivity contribution in [2.45, 2.75) is 25.4 Å². The zero-order valence-corrected chi connectivity index (χ0v) is 14.4. The summed E-state index contributed by atoms with van der Waals surface area (Å²) in [4.78, 5) is 14.5. The molecule has 1 aromatic carbocycles. The Morgan fingerprint density at radius 3 is 3.17 bits per heavy atom. The van der Waals surface area contributed by atoms with Gasteiger partial charge in [0, 0.05) is 24.9 Å². The van der Waals surface area contributed by atoms with Crippen LogP contribution in [0, 0.1) is 0 Å². The predicted octanol–water partition coefficient (Wildman–Crippen LogP) is 3.55. The molecule has 1 aliphatic heterocycles. The summed E-state index contributed by atoms with van der Waals surface area (Å²) in [6.45, 7) is 1.97. The van der Waals surface area contributed by atoms with Gasteiger partial charge in [-0.3, -0.25) is 4.68 Å². The van der Waals surface area contributed by atoms with Crippen LogP contribution in [0.5, 0.6) is 0 Å². The normalized spacial score (nSPS) is 17.2. The fourth-order valence-corrected chi connectivity index (χ4v) is 3.20. The molecular formula is C17H21ClN4O2. The molecule has 1 aromatic heterocycles. The lowest BCUT2D eigenvalue weighted by Crippen LogP contribution is -2.34. The van der Waals surface area contributed by atoms with Crippen molar-refractivity contribution < 1.29 is 9.53 Å². The molecule has 0 aliphatic carbocycles. The SMILES string of the molecule is COCCn1cc(NC(=O)N2CCC[C@@H]2c2cccc(Cl)c2)cn1. The Morgan fingerprint density at radius 2 is 2.38 bits per heavy atom. The van der Waals surface area contributed by atoms with Crippen LogP contribution in [0.3, 0.4) is 0 Å². The Hall–Kier alpha value is -2.05. The minimum absolute atomic E-state index is 0.0623. The summed E-state index contributed by atoms with van der Waals surface area (Å²) in [6.07, 6.45) is 5.39. The number of methoxy groups -OCH3 is 1. The first kappa shape index (κ1) is 16.8. The van der Waals surface area contributed by atoms with E-state index in [0.29, 0.717) is 23.9 Å². The molecule has 0 unspecified atom stereocenters. The third kappa shape index (κ3) is 3.88. The molecule has 1 saturated heterocycles. The van der Waals surface area contributed by atoms with Crippen LogP contribution in [0.15, 0.2) is 36.7 Å². The first-order chi connectivity index (χ1) is 11.7. The van der Waals surface area contributed by atoms with Gasteiger partial charge >= 0.3 is 6.03 Å². The number of likely N-dealkylation sites (tertiary alicyclic amines) is 1. The van der Waals surface area contributed by atoms with Crippen LogP contribution >= 0.6 is 11.6 Å². The van der Waals surface area contributed by atoms with Crippen LogP contribution in [0.1, 0.15) is 24.4 Å². The molecule has 7 heteroatoms. The highest BCUT2D eigenvalue weighted by atomic mass is 35.5. The summed E-state index contributed by atoms with van der Waals surface area (Å²) in [7, 11) is 1.65. The second kappa shape index (κ2) is 7.68. The first-order valence-electron chi connectivity index (χ1n) is 8.02. The van der Waals surface area contributed by atoms with Gasteiger partial charge in [0.25, 0.3) is 0 Å². The van der Waals surface area contributed by atoms with Crippen molar-refractivity contribution in [3.05, 3.63) is 47.2 Å². The fraction of sp³-hybridized carbons (Fsp3) is 0.412. The number of hydrogen-bond donors (Lipinski definition) is 1. The Kier molecular flexibility index (Phi) is 5.37. The van der Waals surface area contributed by atoms with Crippen molar-refractivity contribution in [1.82, 2.24) is 14.7 Å². The van der Waals surface area contributed by atoms with E-state index in [2.05, 4.69) is 10.4 Å². The lowest BCUT2D eigenvalue weighted by Gasteiger charge is -2.25. The molecule has 1 aliphatic rings. The van der Waals surface area contributed by atoms with Crippen LogP contribution in [0.4, 0.5) is 10.5 Å². The second-order valence-electron chi connectivity index (χ2n) is 5.82. The molecule has 0 bridgehead atoms. The van der Waals surface area contributed by atoms with E-state index in [1.165, 1.54) is 0 Å². The van der Waals surface area contributed by atoms with E-state index >= 15 is 0 Å². The number of hydrogen-bond acceptors (Lipinski definition) is 3. The summed E-state index contributed by atoms with van der Waals surface area (Å²) >= 11 is 6.08. The van der Waals surface area contributed by atoms with Crippen molar-refractivity contribution in [1.29, 1.82) is 0 Å². The summed E-state index contributed by atoms with van der Waals surface area (Å²) in [6, 6.07) is 7.67. The number of nitrogens with one attached hydrogen (secondary N) is 1. The van der Waals surface area contributed by atoms with E-state index in [0.717, 1.165) is 24.9 Å². The Balaban J connectivity index is 1.66. The number of carbonyl (C=O) groups excluding carboxylic acids is 1. The number of benzene rings is 1. The van der Waals surface area contributed by atoms with Gasteiger partial charge in [0.1, 0.15) is 0 Å². The standard InChI is InChI=1S/C17H21ClN4O2/c1-24-9-8-21-12-15(11-19-21)20-17(23)22-7-3-6-16(22)13-4-2-5-14(18)10-13/h2,4-5,10-12,16H,3,6-9H2,1H3,(H,20,23)/t16-/m1/s1. The van der Waals surface area contributed by atoms with E-state index in [1.54, 1.807) is 24.2 Å². The Bertz CT molecular complexity index is 703. The largest absolute Gasteiger partial charge is 0.383 e. The highest BCUT2D eigenvalue weighted by molar-refractivity contribution is 6.30. The van der Waals surface area contributed by atoms with Crippen molar-refractivity contribution in [2.24, 2.45) is 0 Å². The van der Waals surface area contributed by atoms with Gasteiger partial charge in [-0.2, -0.15) is 5.10 Å². The number of carbonyl (C=O) groups is 1. The average molecular weight is 349 g/mol. The molecule has 2 aromatic rings. The van der Waals surface area contributed by atoms with Crippen LogP contribution in [0.25, 0.3) is 0 Å². The molecule has 6 nitrogen and oxygen atoms in total. The summed E-state index contributed by atoms with van der Waals surface area (Å²) in [5.41, 5.74) is 1.76. The monoisotopic (exact) mass is 348 g/mol. The van der Waals surface area contributed by atoms with E-state index < -0.39 is 0 Å². The highest BCUT2D eigenvalue weighted by Gasteiger charge is 2.30. The van der Waals surface area contributed by atoms with E-state index in [4.69, 9.17) is 16.3 Å². The highest BCUT2D eigenvalue weighted by Crippen LogP contribution is 2.33. The third-order valence-corrected chi connectivity index (χ3v) is 4.39. The maximum absolute atomic E-state index is 12.6. The molecule has 0 saturated carbocycles. The lowest BCUT2D eigenvalue weighted by atomic mass is 10.1. The molecule has 1 N–H and O–H groups in total. The van der Waals surface area contributed by atoms with Gasteiger partial charge in [-0.05, 0) is 30.5 Å². The zero-order chi connectivity index (χ0) is 16.9. The molecular weight excluding hydrogens is 328 g/mol. The number of aromatic nitrogens is 2. The van der Waals surface area contributed by atoms with Crippen LogP contribution in [-0.2, 0) is 11.3 Å². The van der Waals surface area contributed by atoms with Crippen LogP contribution in [0.2, 0.25) is 5.02 Å². The summed E-state index contributed by atoms with van der Waals surface area (Å²) < 4.78 is 6.77. The van der Waals surface area contributed by atoms with Gasteiger partial charge in [0.2, 0.25) is 0 Å². The number of urea groups is 1. The number of rotatable bonds is 5. The van der Waals surface area contributed by atoms with Gasteiger partial charge in [-0.15, -0.1) is 0 Å². The van der Waals surface area contributed by atoms with Crippen LogP contribution < -0.4 is 5.32 Å². The molecule has 0 radical (unpaired) electrons. The maximum atomic E-state index is 12.6. The fourth-order valence-electron chi connectivity index (χ4n) is 3.00.